The molecule has 0 saturated carbocycles. The van der Waals surface area contributed by atoms with Gasteiger partial charge in [0.1, 0.15) is 5.82 Å². The summed E-state index contributed by atoms with van der Waals surface area (Å²) in [5.41, 5.74) is -2.66. The van der Waals surface area contributed by atoms with Crippen LogP contribution in [0.2, 0.25) is 0 Å². The fraction of sp³-hybridized carbons (Fsp3) is 0.579. The second-order valence-electron chi connectivity index (χ2n) is 7.55. The van der Waals surface area contributed by atoms with Crippen molar-refractivity contribution in [1.29, 1.82) is 0 Å². The van der Waals surface area contributed by atoms with Gasteiger partial charge in [0, 0.05) is 26.1 Å². The molecule has 156 valence electrons. The number of anilines is 1. The molecule has 1 heterocycles. The van der Waals surface area contributed by atoms with Crippen molar-refractivity contribution in [3.8, 4) is 0 Å². The van der Waals surface area contributed by atoms with Gasteiger partial charge in [0.25, 0.3) is 5.91 Å². The van der Waals surface area contributed by atoms with E-state index in [-0.39, 0.29) is 31.1 Å². The fourth-order valence-electron chi connectivity index (χ4n) is 3.38. The van der Waals surface area contributed by atoms with Crippen molar-refractivity contribution in [2.24, 2.45) is 11.8 Å². The van der Waals surface area contributed by atoms with E-state index >= 15 is 0 Å². The van der Waals surface area contributed by atoms with Crippen LogP contribution >= 0.6 is 0 Å². The van der Waals surface area contributed by atoms with Crippen molar-refractivity contribution in [3.05, 3.63) is 29.6 Å². The average Bonchev–Trinajstić information content (AvgIpc) is 2.58. The van der Waals surface area contributed by atoms with Crippen molar-refractivity contribution < 1.29 is 32.3 Å². The van der Waals surface area contributed by atoms with Gasteiger partial charge in [-0.05, 0) is 43.9 Å². The molecule has 0 spiro atoms. The average molecular weight is 404 g/mol. The minimum absolute atomic E-state index is 0.101. The molecule has 0 bridgehead atoms. The van der Waals surface area contributed by atoms with Gasteiger partial charge in [0.2, 0.25) is 11.5 Å². The number of carbonyl (C=O) groups is 2. The van der Waals surface area contributed by atoms with E-state index in [1.807, 2.05) is 0 Å². The minimum atomic E-state index is -5.09. The summed E-state index contributed by atoms with van der Waals surface area (Å²) in [4.78, 5) is 27.1. The Bertz CT molecular complexity index is 764. The van der Waals surface area contributed by atoms with E-state index in [4.69, 9.17) is 0 Å². The van der Waals surface area contributed by atoms with Crippen LogP contribution in [0.5, 0.6) is 0 Å². The summed E-state index contributed by atoms with van der Waals surface area (Å²) >= 11 is 0. The Morgan fingerprint density at radius 3 is 2.39 bits per heavy atom. The van der Waals surface area contributed by atoms with Crippen LogP contribution in [0.1, 0.15) is 25.8 Å². The zero-order chi connectivity index (χ0) is 21.4. The molecular formula is C19H24F4N2O3. The number of rotatable bonds is 3. The molecule has 3 atom stereocenters. The van der Waals surface area contributed by atoms with E-state index in [0.29, 0.717) is 12.5 Å². The molecule has 0 radical (unpaired) electrons. The Kier molecular flexibility index (Phi) is 6.08. The highest BCUT2D eigenvalue weighted by molar-refractivity contribution is 5.95. The highest BCUT2D eigenvalue weighted by Crippen LogP contribution is 2.34. The van der Waals surface area contributed by atoms with Crippen LogP contribution in [-0.2, 0) is 9.59 Å². The van der Waals surface area contributed by atoms with E-state index in [2.05, 4.69) is 0 Å². The van der Waals surface area contributed by atoms with Crippen LogP contribution in [0.25, 0.3) is 0 Å². The van der Waals surface area contributed by atoms with E-state index in [1.165, 1.54) is 24.1 Å². The lowest BCUT2D eigenvalue weighted by Gasteiger charge is -2.40. The summed E-state index contributed by atoms with van der Waals surface area (Å²) in [6, 6.07) is 4.47. The number of aryl methyl sites for hydroxylation is 1. The molecule has 1 aliphatic rings. The lowest BCUT2D eigenvalue weighted by molar-refractivity contribution is -0.251. The fourth-order valence-corrected chi connectivity index (χ4v) is 3.38. The van der Waals surface area contributed by atoms with Gasteiger partial charge in [0.05, 0.1) is 5.69 Å². The summed E-state index contributed by atoms with van der Waals surface area (Å²) in [5.74, 6) is -3.38. The van der Waals surface area contributed by atoms with Crippen LogP contribution in [0.4, 0.5) is 23.2 Å². The zero-order valence-electron chi connectivity index (χ0n) is 16.2. The lowest BCUT2D eigenvalue weighted by Crippen LogP contribution is -2.59. The van der Waals surface area contributed by atoms with Crippen molar-refractivity contribution in [1.82, 2.24) is 4.90 Å². The summed E-state index contributed by atoms with van der Waals surface area (Å²) < 4.78 is 52.9. The number of hydrogen-bond acceptors (Lipinski definition) is 3. The quantitative estimate of drug-likeness (QED) is 0.789. The molecule has 0 aromatic heterocycles. The Morgan fingerprint density at radius 2 is 1.89 bits per heavy atom. The number of nitrogens with zero attached hydrogens (tertiary/aromatic N) is 2. The third-order valence-corrected chi connectivity index (χ3v) is 5.27. The number of piperidine rings is 1. The number of alkyl halides is 3. The Balaban J connectivity index is 2.11. The van der Waals surface area contributed by atoms with Crippen LogP contribution in [0, 0.1) is 24.6 Å². The van der Waals surface area contributed by atoms with Crippen molar-refractivity contribution in [3.63, 3.8) is 0 Å². The molecule has 2 unspecified atom stereocenters. The number of carbonyl (C=O) groups excluding carboxylic acids is 2. The Labute approximate surface area is 160 Å². The molecule has 2 rings (SSSR count). The molecule has 0 aliphatic carbocycles. The van der Waals surface area contributed by atoms with E-state index in [9.17, 15) is 32.3 Å². The predicted octanol–water partition coefficient (Wildman–Crippen LogP) is 2.89. The third-order valence-electron chi connectivity index (χ3n) is 5.27. The first-order chi connectivity index (χ1) is 12.8. The molecule has 5 nitrogen and oxygen atoms in total. The van der Waals surface area contributed by atoms with Gasteiger partial charge < -0.3 is 14.9 Å². The maximum atomic E-state index is 14.2. The second kappa shape index (κ2) is 7.69. The van der Waals surface area contributed by atoms with Crippen LogP contribution in [0.3, 0.4) is 0 Å². The van der Waals surface area contributed by atoms with Crippen molar-refractivity contribution in [2.75, 3.05) is 25.0 Å². The minimum Gasteiger partial charge on any atom is -0.373 e. The molecule has 1 saturated heterocycles. The van der Waals surface area contributed by atoms with E-state index < -0.39 is 35.3 Å². The maximum absolute atomic E-state index is 14.2. The summed E-state index contributed by atoms with van der Waals surface area (Å²) in [7, 11) is 1.44. The SMILES string of the molecule is Cc1ccc(N(C)C(=O)C2CCN(C(=O)[C@@](C)(O)C(F)(F)F)CC2C)c(F)c1. The first kappa shape index (κ1) is 22.1. The van der Waals surface area contributed by atoms with Crippen LogP contribution in [0.15, 0.2) is 18.2 Å². The molecule has 1 fully saturated rings. The molecule has 2 amide bonds. The maximum Gasteiger partial charge on any atom is 0.426 e. The number of likely N-dealkylation sites (tertiary alicyclic amines) is 1. The number of halogens is 4. The number of aliphatic hydroxyl groups is 1. The highest BCUT2D eigenvalue weighted by atomic mass is 19.4. The normalized spacial score (nSPS) is 22.5. The number of hydrogen-bond donors (Lipinski definition) is 1. The largest absolute Gasteiger partial charge is 0.426 e. The number of amides is 2. The summed E-state index contributed by atoms with van der Waals surface area (Å²) in [6.45, 7) is 3.58. The Hall–Kier alpha value is -2.16. The smallest absolute Gasteiger partial charge is 0.373 e. The molecule has 1 aromatic rings. The van der Waals surface area contributed by atoms with Gasteiger partial charge in [-0.2, -0.15) is 13.2 Å². The molecule has 9 heteroatoms. The zero-order valence-corrected chi connectivity index (χ0v) is 16.2. The molecule has 1 aromatic carbocycles. The standard InChI is InChI=1S/C19H24F4N2O3/c1-11-5-6-15(14(20)9-11)24(4)16(26)13-7-8-25(10-12(13)2)17(27)18(3,28)19(21,22)23/h5-6,9,12-13,28H,7-8,10H2,1-4H3/t12?,13?,18-/m1/s1. The summed E-state index contributed by atoms with van der Waals surface area (Å²) in [5, 5.41) is 9.59. The Morgan fingerprint density at radius 1 is 1.29 bits per heavy atom. The first-order valence-electron chi connectivity index (χ1n) is 8.89. The van der Waals surface area contributed by atoms with Gasteiger partial charge >= 0.3 is 6.18 Å². The van der Waals surface area contributed by atoms with Gasteiger partial charge in [-0.1, -0.05) is 13.0 Å². The van der Waals surface area contributed by atoms with E-state index in [0.717, 1.165) is 4.90 Å². The van der Waals surface area contributed by atoms with Crippen molar-refractivity contribution in [2.45, 2.75) is 39.0 Å². The number of benzene rings is 1. The van der Waals surface area contributed by atoms with Gasteiger partial charge in [-0.25, -0.2) is 4.39 Å². The first-order valence-corrected chi connectivity index (χ1v) is 8.89. The van der Waals surface area contributed by atoms with Crippen molar-refractivity contribution >= 4 is 17.5 Å². The topological polar surface area (TPSA) is 60.9 Å². The van der Waals surface area contributed by atoms with E-state index in [1.54, 1.807) is 19.9 Å². The summed E-state index contributed by atoms with van der Waals surface area (Å²) in [6.07, 6.45) is -4.97. The highest BCUT2D eigenvalue weighted by Gasteiger charge is 2.57. The molecule has 28 heavy (non-hydrogen) atoms. The van der Waals surface area contributed by atoms with Crippen LogP contribution in [-0.4, -0.2) is 53.7 Å². The van der Waals surface area contributed by atoms with Gasteiger partial charge in [0.15, 0.2) is 0 Å². The molecule has 1 N–H and O–H groups in total. The van der Waals surface area contributed by atoms with Crippen LogP contribution < -0.4 is 4.90 Å². The lowest BCUT2D eigenvalue weighted by atomic mass is 9.85. The predicted molar refractivity (Wildman–Crippen MR) is 95.1 cm³/mol. The monoisotopic (exact) mass is 404 g/mol. The molecule has 1 aliphatic heterocycles. The third kappa shape index (κ3) is 4.14. The molecular weight excluding hydrogens is 380 g/mol. The van der Waals surface area contributed by atoms with Gasteiger partial charge in [-0.15, -0.1) is 0 Å². The second-order valence-corrected chi connectivity index (χ2v) is 7.55. The van der Waals surface area contributed by atoms with Gasteiger partial charge in [-0.3, -0.25) is 9.59 Å².